The van der Waals surface area contributed by atoms with Crippen molar-refractivity contribution in [2.75, 3.05) is 0 Å². The van der Waals surface area contributed by atoms with Crippen molar-refractivity contribution < 1.29 is 9.59 Å². The molecule has 0 amide bonds. The van der Waals surface area contributed by atoms with Crippen molar-refractivity contribution in [2.45, 2.75) is 13.8 Å². The van der Waals surface area contributed by atoms with Gasteiger partial charge in [0.1, 0.15) is 13.1 Å². The Balaban J connectivity index is 0. The summed E-state index contributed by atoms with van der Waals surface area (Å²) < 4.78 is 0. The van der Waals surface area contributed by atoms with Gasteiger partial charge >= 0.3 is 0 Å². The molecule has 0 atom stereocenters. The zero-order valence-electron chi connectivity index (χ0n) is 4.68. The van der Waals surface area contributed by atoms with Gasteiger partial charge in [0.05, 0.1) is 0 Å². The molecule has 0 saturated carbocycles. The molecule has 0 aliphatic carbocycles. The number of rotatable bonds is 1. The smallest absolute Gasteiger partial charge is 0.122 e. The van der Waals surface area contributed by atoms with Crippen LogP contribution in [0.4, 0.5) is 0 Å². The molecule has 2 heteroatoms. The van der Waals surface area contributed by atoms with E-state index in [1.54, 1.807) is 0 Å². The quantitative estimate of drug-likeness (QED) is 0.456. The van der Waals surface area contributed by atoms with Crippen LogP contribution < -0.4 is 0 Å². The Kier molecular flexibility index (Phi) is 12.4. The molecule has 0 aromatic carbocycles. The van der Waals surface area contributed by atoms with Crippen LogP contribution >= 0.6 is 0 Å². The van der Waals surface area contributed by atoms with Gasteiger partial charge in [-0.25, -0.2) is 0 Å². The largest absolute Gasteiger partial charge is 0.307 e. The lowest BCUT2D eigenvalue weighted by molar-refractivity contribution is -0.110. The SMILES string of the molecule is C=O.CC(C)C=O. The predicted molar refractivity (Wildman–Crippen MR) is 28.0 cm³/mol. The summed E-state index contributed by atoms with van der Waals surface area (Å²) in [6.45, 7) is 5.71. The third-order valence-corrected chi connectivity index (χ3v) is 0.272. The first kappa shape index (κ1) is 9.60. The molecule has 42 valence electrons. The van der Waals surface area contributed by atoms with Crippen LogP contribution in [0.5, 0.6) is 0 Å². The van der Waals surface area contributed by atoms with E-state index in [0.29, 0.717) is 0 Å². The summed E-state index contributed by atoms with van der Waals surface area (Å²) in [5.41, 5.74) is 0. The van der Waals surface area contributed by atoms with Crippen molar-refractivity contribution in [3.63, 3.8) is 0 Å². The van der Waals surface area contributed by atoms with E-state index >= 15 is 0 Å². The molecule has 0 fully saturated rings. The van der Waals surface area contributed by atoms with Crippen LogP contribution in [0.1, 0.15) is 13.8 Å². The van der Waals surface area contributed by atoms with Gasteiger partial charge < -0.3 is 9.59 Å². The zero-order valence-corrected chi connectivity index (χ0v) is 4.68. The molecule has 0 unspecified atom stereocenters. The fourth-order valence-corrected chi connectivity index (χ4v) is 0. The molecule has 0 spiro atoms. The van der Waals surface area contributed by atoms with Gasteiger partial charge in [0, 0.05) is 5.92 Å². The molecule has 2 nitrogen and oxygen atoms in total. The van der Waals surface area contributed by atoms with Crippen molar-refractivity contribution in [1.82, 2.24) is 0 Å². The molecule has 0 heterocycles. The Morgan fingerprint density at radius 2 is 1.57 bits per heavy atom. The molecule has 0 radical (unpaired) electrons. The summed E-state index contributed by atoms with van der Waals surface area (Å²) in [6.07, 6.45) is 0.917. The van der Waals surface area contributed by atoms with E-state index in [-0.39, 0.29) is 5.92 Å². The molecule has 0 rings (SSSR count). The first-order valence-electron chi connectivity index (χ1n) is 2.01. The van der Waals surface area contributed by atoms with Crippen LogP contribution in [0, 0.1) is 5.92 Å². The van der Waals surface area contributed by atoms with Crippen LogP contribution in [0.25, 0.3) is 0 Å². The standard InChI is InChI=1S/C4H8O.CH2O/c1-4(2)3-5;1-2/h3-4H,1-2H3;1H2. The van der Waals surface area contributed by atoms with Gasteiger partial charge in [-0.15, -0.1) is 0 Å². The summed E-state index contributed by atoms with van der Waals surface area (Å²) in [5.74, 6) is 0.204. The van der Waals surface area contributed by atoms with Crippen LogP contribution in [-0.4, -0.2) is 13.1 Å². The van der Waals surface area contributed by atoms with E-state index < -0.39 is 0 Å². The number of hydrogen-bond donors (Lipinski definition) is 0. The molecule has 0 aromatic heterocycles. The molecule has 0 aliphatic heterocycles. The first-order valence-corrected chi connectivity index (χ1v) is 2.01. The maximum absolute atomic E-state index is 9.50. The highest BCUT2D eigenvalue weighted by molar-refractivity contribution is 5.51. The van der Waals surface area contributed by atoms with Gasteiger partial charge in [-0.1, -0.05) is 13.8 Å². The van der Waals surface area contributed by atoms with E-state index in [0.717, 1.165) is 6.29 Å². The van der Waals surface area contributed by atoms with Crippen molar-refractivity contribution in [3.05, 3.63) is 0 Å². The van der Waals surface area contributed by atoms with E-state index in [9.17, 15) is 4.79 Å². The van der Waals surface area contributed by atoms with E-state index in [4.69, 9.17) is 4.79 Å². The summed E-state index contributed by atoms with van der Waals surface area (Å²) in [6, 6.07) is 0. The number of carbonyl (C=O) groups excluding carboxylic acids is 2. The monoisotopic (exact) mass is 102 g/mol. The predicted octanol–water partition coefficient (Wildman–Crippen LogP) is 0.656. The molecule has 0 aromatic rings. The Bertz CT molecular complexity index is 41.3. The number of carbonyl (C=O) groups is 2. The lowest BCUT2D eigenvalue weighted by Crippen LogP contribution is -1.82. The van der Waals surface area contributed by atoms with Crippen LogP contribution in [0.3, 0.4) is 0 Å². The van der Waals surface area contributed by atoms with Crippen molar-refractivity contribution in [3.8, 4) is 0 Å². The lowest BCUT2D eigenvalue weighted by atomic mass is 10.3. The van der Waals surface area contributed by atoms with E-state index in [2.05, 4.69) is 0 Å². The summed E-state index contributed by atoms with van der Waals surface area (Å²) in [5, 5.41) is 0. The second kappa shape index (κ2) is 9.02. The maximum atomic E-state index is 9.50. The fraction of sp³-hybridized carbons (Fsp3) is 0.600. The molecule has 0 aliphatic rings. The first-order chi connectivity index (χ1) is 3.27. The topological polar surface area (TPSA) is 34.1 Å². The Hall–Kier alpha value is -0.660. The lowest BCUT2D eigenvalue weighted by Gasteiger charge is -1.78. The molecular formula is C5H10O2. The van der Waals surface area contributed by atoms with Gasteiger partial charge in [-0.3, -0.25) is 0 Å². The van der Waals surface area contributed by atoms with Crippen molar-refractivity contribution in [1.29, 1.82) is 0 Å². The normalized spacial score (nSPS) is 6.71. The highest BCUT2D eigenvalue weighted by Crippen LogP contribution is 1.78. The van der Waals surface area contributed by atoms with Gasteiger partial charge in [-0.2, -0.15) is 0 Å². The van der Waals surface area contributed by atoms with E-state index in [1.807, 2.05) is 20.6 Å². The zero-order chi connectivity index (χ0) is 6.28. The highest BCUT2D eigenvalue weighted by Gasteiger charge is 1.79. The van der Waals surface area contributed by atoms with Crippen LogP contribution in [-0.2, 0) is 9.59 Å². The second-order valence-electron chi connectivity index (χ2n) is 1.38. The van der Waals surface area contributed by atoms with Gasteiger partial charge in [0.25, 0.3) is 0 Å². The molecular weight excluding hydrogens is 92.1 g/mol. The van der Waals surface area contributed by atoms with Gasteiger partial charge in [0.15, 0.2) is 0 Å². The minimum atomic E-state index is 0.204. The molecule has 7 heavy (non-hydrogen) atoms. The van der Waals surface area contributed by atoms with Gasteiger partial charge in [0.2, 0.25) is 0 Å². The average Bonchev–Trinajstić information content (AvgIpc) is 1.73. The minimum Gasteiger partial charge on any atom is -0.307 e. The Morgan fingerprint density at radius 3 is 1.57 bits per heavy atom. The van der Waals surface area contributed by atoms with Crippen molar-refractivity contribution in [2.24, 2.45) is 5.92 Å². The summed E-state index contributed by atoms with van der Waals surface area (Å²) in [4.78, 5) is 17.5. The molecule has 0 bridgehead atoms. The van der Waals surface area contributed by atoms with Crippen LogP contribution in [0.15, 0.2) is 0 Å². The Morgan fingerprint density at radius 1 is 1.43 bits per heavy atom. The van der Waals surface area contributed by atoms with E-state index in [1.165, 1.54) is 0 Å². The second-order valence-corrected chi connectivity index (χ2v) is 1.38. The minimum absolute atomic E-state index is 0.204. The molecule has 0 saturated heterocycles. The van der Waals surface area contributed by atoms with Gasteiger partial charge in [-0.05, 0) is 0 Å². The molecule has 0 N–H and O–H groups in total. The number of aldehydes is 1. The maximum Gasteiger partial charge on any atom is 0.122 e. The third-order valence-electron chi connectivity index (χ3n) is 0.272. The fourth-order valence-electron chi connectivity index (χ4n) is 0. The summed E-state index contributed by atoms with van der Waals surface area (Å²) >= 11 is 0. The van der Waals surface area contributed by atoms with Crippen molar-refractivity contribution >= 4 is 13.1 Å². The number of hydrogen-bond acceptors (Lipinski definition) is 2. The van der Waals surface area contributed by atoms with Crippen LogP contribution in [0.2, 0.25) is 0 Å². The average molecular weight is 102 g/mol. The highest BCUT2D eigenvalue weighted by atomic mass is 16.1. The summed E-state index contributed by atoms with van der Waals surface area (Å²) in [7, 11) is 0. The Labute approximate surface area is 43.5 Å². The third kappa shape index (κ3) is 33.2.